The van der Waals surface area contributed by atoms with Crippen molar-refractivity contribution >= 4 is 34.9 Å². The van der Waals surface area contributed by atoms with Gasteiger partial charge in [-0.15, -0.1) is 0 Å². The summed E-state index contributed by atoms with van der Waals surface area (Å²) in [5.41, 5.74) is 0.516. The number of halogens is 2. The van der Waals surface area contributed by atoms with Crippen LogP contribution >= 0.6 is 23.2 Å². The summed E-state index contributed by atoms with van der Waals surface area (Å²) in [5.74, 6) is 0. The van der Waals surface area contributed by atoms with Crippen molar-refractivity contribution in [2.24, 2.45) is 0 Å². The van der Waals surface area contributed by atoms with E-state index in [1.54, 1.807) is 18.2 Å². The zero-order chi connectivity index (χ0) is 12.3. The third-order valence-corrected chi connectivity index (χ3v) is 3.14. The summed E-state index contributed by atoms with van der Waals surface area (Å²) in [6, 6.07) is 4.86. The number of benzene rings is 1. The number of urea groups is 1. The van der Waals surface area contributed by atoms with Gasteiger partial charge in [0.25, 0.3) is 0 Å². The fraction of sp³-hybridized carbons (Fsp3) is 0.364. The van der Waals surface area contributed by atoms with Crippen LogP contribution in [-0.4, -0.2) is 25.2 Å². The second-order valence-corrected chi connectivity index (χ2v) is 4.76. The van der Waals surface area contributed by atoms with Crippen LogP contribution < -0.4 is 16.0 Å². The van der Waals surface area contributed by atoms with Crippen molar-refractivity contribution in [1.29, 1.82) is 0 Å². The molecule has 92 valence electrons. The average Bonchev–Trinajstić information content (AvgIpc) is 2.76. The lowest BCUT2D eigenvalue weighted by Crippen LogP contribution is -2.39. The SMILES string of the molecule is O=C(Nc1cc(Cl)ccc1Cl)N[C@H]1CCNC1. The van der Waals surface area contributed by atoms with Crippen LogP contribution in [0, 0.1) is 0 Å². The highest BCUT2D eigenvalue weighted by Crippen LogP contribution is 2.25. The van der Waals surface area contributed by atoms with Crippen molar-refractivity contribution in [2.45, 2.75) is 12.5 Å². The Morgan fingerprint density at radius 1 is 1.41 bits per heavy atom. The summed E-state index contributed by atoms with van der Waals surface area (Å²) in [7, 11) is 0. The van der Waals surface area contributed by atoms with Crippen LogP contribution in [-0.2, 0) is 0 Å². The number of hydrogen-bond donors (Lipinski definition) is 3. The standard InChI is InChI=1S/C11H13Cl2N3O/c12-7-1-2-9(13)10(5-7)16-11(17)15-8-3-4-14-6-8/h1-2,5,8,14H,3-4,6H2,(H2,15,16,17)/t8-/m0/s1. The number of rotatable bonds is 2. The summed E-state index contributed by atoms with van der Waals surface area (Å²) >= 11 is 11.8. The van der Waals surface area contributed by atoms with Gasteiger partial charge in [0, 0.05) is 17.6 Å². The van der Waals surface area contributed by atoms with E-state index in [9.17, 15) is 4.79 Å². The van der Waals surface area contributed by atoms with Gasteiger partial charge < -0.3 is 16.0 Å². The molecule has 1 saturated heterocycles. The molecule has 0 unspecified atom stereocenters. The predicted octanol–water partition coefficient (Wildman–Crippen LogP) is 2.48. The highest BCUT2D eigenvalue weighted by Gasteiger charge is 2.16. The van der Waals surface area contributed by atoms with Crippen molar-refractivity contribution in [3.05, 3.63) is 28.2 Å². The molecule has 1 aliphatic rings. The molecule has 0 bridgehead atoms. The molecule has 1 aromatic rings. The Labute approximate surface area is 110 Å². The smallest absolute Gasteiger partial charge is 0.319 e. The van der Waals surface area contributed by atoms with E-state index in [1.165, 1.54) is 0 Å². The van der Waals surface area contributed by atoms with Crippen LogP contribution in [0.5, 0.6) is 0 Å². The normalized spacial score (nSPS) is 19.1. The topological polar surface area (TPSA) is 53.2 Å². The first-order valence-corrected chi connectivity index (χ1v) is 6.14. The zero-order valence-electron chi connectivity index (χ0n) is 9.09. The molecular weight excluding hydrogens is 261 g/mol. The molecule has 1 aliphatic heterocycles. The molecular formula is C11H13Cl2N3O. The van der Waals surface area contributed by atoms with Crippen LogP contribution in [0.25, 0.3) is 0 Å². The molecule has 17 heavy (non-hydrogen) atoms. The molecule has 0 radical (unpaired) electrons. The molecule has 2 amide bonds. The zero-order valence-corrected chi connectivity index (χ0v) is 10.6. The number of amides is 2. The van der Waals surface area contributed by atoms with E-state index in [4.69, 9.17) is 23.2 Å². The van der Waals surface area contributed by atoms with Crippen molar-refractivity contribution in [2.75, 3.05) is 18.4 Å². The molecule has 1 atom stereocenters. The molecule has 0 spiro atoms. The molecule has 3 N–H and O–H groups in total. The lowest BCUT2D eigenvalue weighted by atomic mass is 10.3. The highest BCUT2D eigenvalue weighted by molar-refractivity contribution is 6.35. The lowest BCUT2D eigenvalue weighted by molar-refractivity contribution is 0.249. The van der Waals surface area contributed by atoms with E-state index in [2.05, 4.69) is 16.0 Å². The Hall–Kier alpha value is -0.970. The minimum atomic E-state index is -0.261. The van der Waals surface area contributed by atoms with E-state index in [-0.39, 0.29) is 12.1 Å². The van der Waals surface area contributed by atoms with Crippen molar-refractivity contribution in [3.8, 4) is 0 Å². The van der Waals surface area contributed by atoms with Crippen LogP contribution in [0.15, 0.2) is 18.2 Å². The second-order valence-electron chi connectivity index (χ2n) is 3.91. The van der Waals surface area contributed by atoms with Gasteiger partial charge >= 0.3 is 6.03 Å². The van der Waals surface area contributed by atoms with Gasteiger partial charge in [-0.05, 0) is 31.2 Å². The Morgan fingerprint density at radius 2 is 2.24 bits per heavy atom. The van der Waals surface area contributed by atoms with Crippen LogP contribution in [0.4, 0.5) is 10.5 Å². The van der Waals surface area contributed by atoms with E-state index in [0.29, 0.717) is 15.7 Å². The van der Waals surface area contributed by atoms with Gasteiger partial charge in [-0.1, -0.05) is 23.2 Å². The molecule has 4 nitrogen and oxygen atoms in total. The summed E-state index contributed by atoms with van der Waals surface area (Å²) in [5, 5.41) is 9.72. The van der Waals surface area contributed by atoms with Crippen molar-refractivity contribution in [1.82, 2.24) is 10.6 Å². The maximum absolute atomic E-state index is 11.7. The number of carbonyl (C=O) groups excluding carboxylic acids is 1. The summed E-state index contributed by atoms with van der Waals surface area (Å²) in [6.07, 6.45) is 0.941. The molecule has 0 saturated carbocycles. The van der Waals surface area contributed by atoms with E-state index in [0.717, 1.165) is 19.5 Å². The first-order chi connectivity index (χ1) is 8.15. The number of nitrogens with one attached hydrogen (secondary N) is 3. The van der Waals surface area contributed by atoms with Crippen LogP contribution in [0.2, 0.25) is 10.0 Å². The predicted molar refractivity (Wildman–Crippen MR) is 69.9 cm³/mol. The Kier molecular flexibility index (Phi) is 4.10. The largest absolute Gasteiger partial charge is 0.334 e. The summed E-state index contributed by atoms with van der Waals surface area (Å²) < 4.78 is 0. The van der Waals surface area contributed by atoms with Crippen molar-refractivity contribution < 1.29 is 4.79 Å². The molecule has 1 heterocycles. The van der Waals surface area contributed by atoms with E-state index < -0.39 is 0 Å². The molecule has 2 rings (SSSR count). The van der Waals surface area contributed by atoms with Gasteiger partial charge in [0.05, 0.1) is 10.7 Å². The Balaban J connectivity index is 1.95. The first-order valence-electron chi connectivity index (χ1n) is 5.38. The monoisotopic (exact) mass is 273 g/mol. The molecule has 1 aromatic carbocycles. The molecule has 0 aromatic heterocycles. The van der Waals surface area contributed by atoms with Gasteiger partial charge in [0.1, 0.15) is 0 Å². The van der Waals surface area contributed by atoms with Crippen LogP contribution in [0.1, 0.15) is 6.42 Å². The molecule has 6 heteroatoms. The number of anilines is 1. The van der Waals surface area contributed by atoms with Gasteiger partial charge in [0.2, 0.25) is 0 Å². The molecule has 1 fully saturated rings. The third-order valence-electron chi connectivity index (χ3n) is 2.57. The Morgan fingerprint density at radius 3 is 2.94 bits per heavy atom. The average molecular weight is 274 g/mol. The maximum atomic E-state index is 11.7. The Bertz CT molecular complexity index is 419. The van der Waals surface area contributed by atoms with E-state index in [1.807, 2.05) is 0 Å². The van der Waals surface area contributed by atoms with Gasteiger partial charge in [-0.3, -0.25) is 0 Å². The quantitative estimate of drug-likeness (QED) is 0.776. The minimum absolute atomic E-state index is 0.174. The van der Waals surface area contributed by atoms with Gasteiger partial charge in [-0.2, -0.15) is 0 Å². The van der Waals surface area contributed by atoms with Crippen LogP contribution in [0.3, 0.4) is 0 Å². The van der Waals surface area contributed by atoms with Gasteiger partial charge in [0.15, 0.2) is 0 Å². The first kappa shape index (κ1) is 12.5. The fourth-order valence-electron chi connectivity index (χ4n) is 1.71. The summed E-state index contributed by atoms with van der Waals surface area (Å²) in [6.45, 7) is 1.74. The van der Waals surface area contributed by atoms with Gasteiger partial charge in [-0.25, -0.2) is 4.79 Å². The maximum Gasteiger partial charge on any atom is 0.319 e. The lowest BCUT2D eigenvalue weighted by Gasteiger charge is -2.13. The number of hydrogen-bond acceptors (Lipinski definition) is 2. The fourth-order valence-corrected chi connectivity index (χ4v) is 2.05. The number of carbonyl (C=O) groups is 1. The minimum Gasteiger partial charge on any atom is -0.334 e. The van der Waals surface area contributed by atoms with Crippen molar-refractivity contribution in [3.63, 3.8) is 0 Å². The van der Waals surface area contributed by atoms with E-state index >= 15 is 0 Å². The molecule has 0 aliphatic carbocycles. The summed E-state index contributed by atoms with van der Waals surface area (Å²) in [4.78, 5) is 11.7. The third kappa shape index (κ3) is 3.49. The highest BCUT2D eigenvalue weighted by atomic mass is 35.5. The second kappa shape index (κ2) is 5.58.